The Balaban J connectivity index is 1.64. The van der Waals surface area contributed by atoms with Crippen LogP contribution < -0.4 is 4.74 Å². The monoisotopic (exact) mass is 330 g/mol. The molecule has 2 aromatic carbocycles. The van der Waals surface area contributed by atoms with Crippen LogP contribution in [0.2, 0.25) is 0 Å². The lowest BCUT2D eigenvalue weighted by atomic mass is 10.0. The maximum atomic E-state index is 12.1. The van der Waals surface area contributed by atoms with E-state index in [1.165, 1.54) is 11.1 Å². The van der Waals surface area contributed by atoms with Gasteiger partial charge in [0, 0.05) is 22.9 Å². The first-order valence-corrected chi connectivity index (χ1v) is 7.55. The average Bonchev–Trinajstić information content (AvgIpc) is 2.93. The molecule has 3 rings (SSSR count). The fourth-order valence-corrected chi connectivity index (χ4v) is 2.70. The van der Waals surface area contributed by atoms with E-state index in [1.54, 1.807) is 0 Å². The van der Waals surface area contributed by atoms with Gasteiger partial charge in [0.25, 0.3) is 0 Å². The molecule has 0 aliphatic carbocycles. The van der Waals surface area contributed by atoms with Crippen molar-refractivity contribution in [2.75, 3.05) is 6.61 Å². The number of aryl methyl sites for hydroxylation is 1. The fraction of sp³-hybridized carbons (Fsp3) is 0.235. The van der Waals surface area contributed by atoms with Crippen molar-refractivity contribution in [3.05, 3.63) is 63.6 Å². The van der Waals surface area contributed by atoms with Crippen molar-refractivity contribution in [1.82, 2.24) is 0 Å². The van der Waals surface area contributed by atoms with Gasteiger partial charge in [0.15, 0.2) is 5.78 Å². The molecular weight excluding hydrogens is 316 g/mol. The van der Waals surface area contributed by atoms with Crippen molar-refractivity contribution >= 4 is 21.7 Å². The van der Waals surface area contributed by atoms with Gasteiger partial charge in [-0.1, -0.05) is 40.2 Å². The molecule has 0 amide bonds. The molecule has 0 radical (unpaired) electrons. The zero-order valence-corrected chi connectivity index (χ0v) is 12.7. The molecule has 0 fully saturated rings. The summed E-state index contributed by atoms with van der Waals surface area (Å²) < 4.78 is 6.48. The van der Waals surface area contributed by atoms with Crippen LogP contribution in [0.5, 0.6) is 5.75 Å². The third kappa shape index (κ3) is 2.93. The van der Waals surface area contributed by atoms with Gasteiger partial charge in [0.1, 0.15) is 5.75 Å². The summed E-state index contributed by atoms with van der Waals surface area (Å²) in [5, 5.41) is 0. The lowest BCUT2D eigenvalue weighted by Gasteiger charge is -2.04. The van der Waals surface area contributed by atoms with Crippen molar-refractivity contribution < 1.29 is 9.53 Å². The van der Waals surface area contributed by atoms with E-state index in [4.69, 9.17) is 4.74 Å². The highest BCUT2D eigenvalue weighted by Crippen LogP contribution is 2.26. The van der Waals surface area contributed by atoms with E-state index in [0.29, 0.717) is 6.42 Å². The molecule has 0 unspecified atom stereocenters. The molecule has 0 saturated heterocycles. The van der Waals surface area contributed by atoms with Crippen molar-refractivity contribution in [2.24, 2.45) is 0 Å². The maximum Gasteiger partial charge on any atom is 0.163 e. The second-order valence-corrected chi connectivity index (χ2v) is 5.89. The average molecular weight is 331 g/mol. The van der Waals surface area contributed by atoms with Gasteiger partial charge in [-0.05, 0) is 35.7 Å². The van der Waals surface area contributed by atoms with Crippen molar-refractivity contribution in [2.45, 2.75) is 19.3 Å². The Morgan fingerprint density at radius 2 is 1.95 bits per heavy atom. The van der Waals surface area contributed by atoms with E-state index in [0.717, 1.165) is 35.2 Å². The Bertz CT molecular complexity index is 632. The Hall–Kier alpha value is -1.61. The summed E-state index contributed by atoms with van der Waals surface area (Å²) in [6.45, 7) is 0.774. The summed E-state index contributed by atoms with van der Waals surface area (Å²) in [7, 11) is 0. The van der Waals surface area contributed by atoms with Crippen LogP contribution in [0.4, 0.5) is 0 Å². The van der Waals surface area contributed by atoms with Crippen molar-refractivity contribution in [3.8, 4) is 5.75 Å². The van der Waals surface area contributed by atoms with Gasteiger partial charge in [0.2, 0.25) is 0 Å². The molecule has 0 saturated carbocycles. The molecule has 0 atom stereocenters. The van der Waals surface area contributed by atoms with Crippen LogP contribution in [0.15, 0.2) is 46.9 Å². The highest BCUT2D eigenvalue weighted by atomic mass is 79.9. The predicted octanol–water partition coefficient (Wildman–Crippen LogP) is 4.20. The summed E-state index contributed by atoms with van der Waals surface area (Å²) in [5.74, 6) is 1.18. The molecule has 2 nitrogen and oxygen atoms in total. The van der Waals surface area contributed by atoms with Crippen molar-refractivity contribution in [1.29, 1.82) is 0 Å². The van der Waals surface area contributed by atoms with Crippen LogP contribution in [0, 0.1) is 0 Å². The number of fused-ring (bicyclic) bond motifs is 1. The quantitative estimate of drug-likeness (QED) is 0.785. The predicted molar refractivity (Wildman–Crippen MR) is 82.4 cm³/mol. The minimum Gasteiger partial charge on any atom is -0.493 e. The van der Waals surface area contributed by atoms with E-state index in [9.17, 15) is 4.79 Å². The Morgan fingerprint density at radius 1 is 1.15 bits per heavy atom. The topological polar surface area (TPSA) is 26.3 Å². The summed E-state index contributed by atoms with van der Waals surface area (Å²) in [6.07, 6.45) is 2.30. The number of hydrogen-bond acceptors (Lipinski definition) is 2. The minimum atomic E-state index is 0.189. The van der Waals surface area contributed by atoms with Crippen LogP contribution in [0.25, 0.3) is 0 Å². The number of carbonyl (C=O) groups excluding carboxylic acids is 1. The van der Waals surface area contributed by atoms with Gasteiger partial charge in [-0.2, -0.15) is 0 Å². The van der Waals surface area contributed by atoms with E-state index in [-0.39, 0.29) is 5.78 Å². The first-order valence-electron chi connectivity index (χ1n) is 6.76. The van der Waals surface area contributed by atoms with Crippen LogP contribution in [-0.4, -0.2) is 12.4 Å². The molecule has 0 spiro atoms. The molecule has 2 aromatic rings. The lowest BCUT2D eigenvalue weighted by molar-refractivity contribution is 0.0983. The fourth-order valence-electron chi connectivity index (χ4n) is 2.43. The molecule has 1 aliphatic rings. The van der Waals surface area contributed by atoms with E-state index in [1.807, 2.05) is 30.3 Å². The van der Waals surface area contributed by atoms with Gasteiger partial charge < -0.3 is 4.74 Å². The summed E-state index contributed by atoms with van der Waals surface area (Å²) >= 11 is 3.38. The standard InChI is InChI=1S/C17H15BrO2/c18-15-5-3-13(4-6-15)16(19)7-1-12-2-8-17-14(11-12)9-10-20-17/h2-6,8,11H,1,7,9-10H2. The number of ether oxygens (including phenoxy) is 1. The van der Waals surface area contributed by atoms with Crippen molar-refractivity contribution in [3.63, 3.8) is 0 Å². The minimum absolute atomic E-state index is 0.189. The maximum absolute atomic E-state index is 12.1. The van der Waals surface area contributed by atoms with Crippen LogP contribution in [0.1, 0.15) is 27.9 Å². The Kier molecular flexibility index (Phi) is 3.88. The smallest absolute Gasteiger partial charge is 0.163 e. The molecular formula is C17H15BrO2. The van der Waals surface area contributed by atoms with E-state index >= 15 is 0 Å². The summed E-state index contributed by atoms with van der Waals surface area (Å²) in [4.78, 5) is 12.1. The lowest BCUT2D eigenvalue weighted by Crippen LogP contribution is -2.01. The number of rotatable bonds is 4. The number of carbonyl (C=O) groups is 1. The van der Waals surface area contributed by atoms with Crippen LogP contribution in [-0.2, 0) is 12.8 Å². The van der Waals surface area contributed by atoms with Gasteiger partial charge in [-0.25, -0.2) is 0 Å². The Morgan fingerprint density at radius 3 is 2.75 bits per heavy atom. The first-order chi connectivity index (χ1) is 9.72. The molecule has 102 valence electrons. The first kappa shape index (κ1) is 13.4. The molecule has 1 heterocycles. The second kappa shape index (κ2) is 5.80. The number of ketones is 1. The highest BCUT2D eigenvalue weighted by molar-refractivity contribution is 9.10. The number of Topliss-reactive ketones (excluding diaryl/α,β-unsaturated/α-hetero) is 1. The van der Waals surface area contributed by atoms with Gasteiger partial charge in [0.05, 0.1) is 6.61 Å². The normalized spacial score (nSPS) is 12.8. The third-order valence-electron chi connectivity index (χ3n) is 3.56. The summed E-state index contributed by atoms with van der Waals surface area (Å²) in [6, 6.07) is 13.8. The molecule has 0 aromatic heterocycles. The van der Waals surface area contributed by atoms with Gasteiger partial charge >= 0.3 is 0 Å². The van der Waals surface area contributed by atoms with Gasteiger partial charge in [-0.3, -0.25) is 4.79 Å². The van der Waals surface area contributed by atoms with Crippen LogP contribution >= 0.6 is 15.9 Å². The number of hydrogen-bond donors (Lipinski definition) is 0. The number of benzene rings is 2. The molecule has 3 heteroatoms. The second-order valence-electron chi connectivity index (χ2n) is 4.97. The highest BCUT2D eigenvalue weighted by Gasteiger charge is 2.12. The zero-order valence-electron chi connectivity index (χ0n) is 11.1. The molecule has 20 heavy (non-hydrogen) atoms. The van der Waals surface area contributed by atoms with Crippen LogP contribution in [0.3, 0.4) is 0 Å². The Labute approximate surface area is 126 Å². The SMILES string of the molecule is O=C(CCc1ccc2c(c1)CCO2)c1ccc(Br)cc1. The zero-order chi connectivity index (χ0) is 13.9. The summed E-state index contributed by atoms with van der Waals surface area (Å²) in [5.41, 5.74) is 3.25. The molecule has 1 aliphatic heterocycles. The van der Waals surface area contributed by atoms with E-state index in [2.05, 4.69) is 28.1 Å². The number of halogens is 1. The molecule has 0 N–H and O–H groups in total. The van der Waals surface area contributed by atoms with Gasteiger partial charge in [-0.15, -0.1) is 0 Å². The third-order valence-corrected chi connectivity index (χ3v) is 4.09. The largest absolute Gasteiger partial charge is 0.493 e. The molecule has 0 bridgehead atoms. The van der Waals surface area contributed by atoms with E-state index < -0.39 is 0 Å².